The summed E-state index contributed by atoms with van der Waals surface area (Å²) in [7, 11) is 1.47. The first kappa shape index (κ1) is 19.0. The van der Waals surface area contributed by atoms with Gasteiger partial charge in [-0.25, -0.2) is 9.58 Å². The van der Waals surface area contributed by atoms with Gasteiger partial charge < -0.3 is 10.5 Å². The van der Waals surface area contributed by atoms with Gasteiger partial charge in [0.1, 0.15) is 11.6 Å². The highest BCUT2D eigenvalue weighted by Crippen LogP contribution is 2.41. The highest BCUT2D eigenvalue weighted by Gasteiger charge is 2.44. The van der Waals surface area contributed by atoms with Gasteiger partial charge in [-0.2, -0.15) is 5.10 Å². The monoisotopic (exact) mass is 410 g/mol. The minimum absolute atomic E-state index is 0.0000238. The summed E-state index contributed by atoms with van der Waals surface area (Å²) in [5.74, 6) is -0.699. The number of methoxy groups -OCH3 is 1. The van der Waals surface area contributed by atoms with Gasteiger partial charge in [0.2, 0.25) is 11.8 Å². The van der Waals surface area contributed by atoms with Crippen LogP contribution in [0.25, 0.3) is 5.69 Å². The van der Waals surface area contributed by atoms with E-state index in [1.165, 1.54) is 7.11 Å². The van der Waals surface area contributed by atoms with Gasteiger partial charge in [-0.05, 0) is 37.3 Å². The molecule has 3 aromatic rings. The molecule has 0 bridgehead atoms. The number of ether oxygens (including phenoxy) is 1. The van der Waals surface area contributed by atoms with E-state index in [0.29, 0.717) is 33.5 Å². The number of hydrogen-bond acceptors (Lipinski definition) is 5. The maximum atomic E-state index is 13.3. The average Bonchev–Trinajstić information content (AvgIpc) is 3.16. The Kier molecular flexibility index (Phi) is 4.76. The van der Waals surface area contributed by atoms with Crippen LogP contribution in [0.2, 0.25) is 5.02 Å². The van der Waals surface area contributed by atoms with Crippen molar-refractivity contribution in [3.05, 3.63) is 64.8 Å². The molecule has 1 atom stereocenters. The smallest absolute Gasteiger partial charge is 0.242 e. The van der Waals surface area contributed by atoms with E-state index in [0.717, 1.165) is 10.6 Å². The number of hydrogen-bond donors (Lipinski definition) is 1. The Hall–Kier alpha value is -3.32. The molecular formula is C21H19ClN4O3. The number of benzene rings is 2. The molecule has 1 aliphatic rings. The number of halogens is 1. The summed E-state index contributed by atoms with van der Waals surface area (Å²) in [6.45, 7) is 1.78. The number of nitrogens with zero attached hydrogens (tertiary/aromatic N) is 3. The van der Waals surface area contributed by atoms with Gasteiger partial charge in [0.25, 0.3) is 0 Å². The SMILES string of the molecule is COc1ccc(Cl)cc1N1C(=O)C[C@@H](c2c(C)nn(-c3ccccc3)c2N)C1=O. The summed E-state index contributed by atoms with van der Waals surface area (Å²) in [5.41, 5.74) is 8.64. The minimum atomic E-state index is -0.719. The molecule has 2 heterocycles. The van der Waals surface area contributed by atoms with E-state index >= 15 is 0 Å². The number of nitrogens with two attached hydrogens (primary N) is 1. The summed E-state index contributed by atoms with van der Waals surface area (Å²) >= 11 is 6.08. The van der Waals surface area contributed by atoms with Crippen molar-refractivity contribution < 1.29 is 14.3 Å². The van der Waals surface area contributed by atoms with Crippen LogP contribution < -0.4 is 15.4 Å². The first-order valence-electron chi connectivity index (χ1n) is 9.03. The van der Waals surface area contributed by atoms with Gasteiger partial charge in [-0.15, -0.1) is 0 Å². The first-order chi connectivity index (χ1) is 13.9. The molecule has 8 heteroatoms. The predicted octanol–water partition coefficient (Wildman–Crippen LogP) is 3.47. The standard InChI is InChI=1S/C21H19ClN4O3/c1-12-19(20(23)26(24-12)14-6-4-3-5-7-14)15-11-18(27)25(21(15)28)16-10-13(22)8-9-17(16)29-2/h3-10,15H,11,23H2,1-2H3/t15-/m0/s1. The Morgan fingerprint density at radius 3 is 2.59 bits per heavy atom. The quantitative estimate of drug-likeness (QED) is 0.665. The molecule has 1 aromatic heterocycles. The van der Waals surface area contributed by atoms with Crippen molar-refractivity contribution in [1.82, 2.24) is 9.78 Å². The maximum Gasteiger partial charge on any atom is 0.242 e. The van der Waals surface area contributed by atoms with Gasteiger partial charge in [-0.3, -0.25) is 9.59 Å². The number of aryl methyl sites for hydroxylation is 1. The van der Waals surface area contributed by atoms with Crippen LogP contribution in [0.4, 0.5) is 11.5 Å². The lowest BCUT2D eigenvalue weighted by atomic mass is 9.97. The lowest BCUT2D eigenvalue weighted by Gasteiger charge is -2.18. The third kappa shape index (κ3) is 3.13. The zero-order valence-corrected chi connectivity index (χ0v) is 16.7. The lowest BCUT2D eigenvalue weighted by Crippen LogP contribution is -2.30. The van der Waals surface area contributed by atoms with Gasteiger partial charge in [-0.1, -0.05) is 29.8 Å². The van der Waals surface area contributed by atoms with Gasteiger partial charge in [0, 0.05) is 17.0 Å². The Morgan fingerprint density at radius 2 is 1.90 bits per heavy atom. The van der Waals surface area contributed by atoms with Crippen LogP contribution in [0.5, 0.6) is 5.75 Å². The van der Waals surface area contributed by atoms with E-state index in [1.54, 1.807) is 29.8 Å². The molecule has 7 nitrogen and oxygen atoms in total. The van der Waals surface area contributed by atoms with Crippen molar-refractivity contribution in [2.75, 3.05) is 17.7 Å². The van der Waals surface area contributed by atoms with Crippen LogP contribution in [-0.2, 0) is 9.59 Å². The number of carbonyl (C=O) groups is 2. The molecule has 148 valence electrons. The molecule has 2 N–H and O–H groups in total. The molecule has 2 aromatic carbocycles. The molecule has 0 aliphatic carbocycles. The highest BCUT2D eigenvalue weighted by molar-refractivity contribution is 6.31. The molecule has 4 rings (SSSR count). The second-order valence-corrected chi connectivity index (χ2v) is 7.21. The number of para-hydroxylation sites is 1. The van der Waals surface area contributed by atoms with Crippen LogP contribution in [0, 0.1) is 6.92 Å². The fourth-order valence-electron chi connectivity index (χ4n) is 3.70. The summed E-state index contributed by atoms with van der Waals surface area (Å²) in [6, 6.07) is 14.2. The Balaban J connectivity index is 1.76. The van der Waals surface area contributed by atoms with Crippen molar-refractivity contribution in [1.29, 1.82) is 0 Å². The second-order valence-electron chi connectivity index (χ2n) is 6.77. The molecule has 0 spiro atoms. The van der Waals surface area contributed by atoms with Crippen LogP contribution in [0.3, 0.4) is 0 Å². The maximum absolute atomic E-state index is 13.3. The van der Waals surface area contributed by atoms with Crippen molar-refractivity contribution in [2.45, 2.75) is 19.3 Å². The first-order valence-corrected chi connectivity index (χ1v) is 9.41. The van der Waals surface area contributed by atoms with Crippen LogP contribution in [0.15, 0.2) is 48.5 Å². The number of anilines is 2. The Labute approximate surface area is 172 Å². The summed E-state index contributed by atoms with van der Waals surface area (Å²) in [4.78, 5) is 27.2. The highest BCUT2D eigenvalue weighted by atomic mass is 35.5. The van der Waals surface area contributed by atoms with Gasteiger partial charge in [0.05, 0.1) is 30.1 Å². The number of amides is 2. The van der Waals surface area contributed by atoms with Crippen LogP contribution in [0.1, 0.15) is 23.6 Å². The molecular weight excluding hydrogens is 392 g/mol. The normalized spacial score (nSPS) is 16.5. The Bertz CT molecular complexity index is 1110. The summed E-state index contributed by atoms with van der Waals surface area (Å²) in [5, 5.41) is 4.89. The number of carbonyl (C=O) groups excluding carboxylic acids is 2. The number of imide groups is 1. The third-order valence-electron chi connectivity index (χ3n) is 5.02. The number of aromatic nitrogens is 2. The van der Waals surface area contributed by atoms with Crippen molar-refractivity contribution >= 4 is 34.9 Å². The minimum Gasteiger partial charge on any atom is -0.495 e. The van der Waals surface area contributed by atoms with E-state index in [4.69, 9.17) is 22.1 Å². The van der Waals surface area contributed by atoms with E-state index in [9.17, 15) is 9.59 Å². The van der Waals surface area contributed by atoms with Crippen molar-refractivity contribution in [3.63, 3.8) is 0 Å². The number of nitrogen functional groups attached to an aromatic ring is 1. The molecule has 0 radical (unpaired) electrons. The second kappa shape index (κ2) is 7.25. The third-order valence-corrected chi connectivity index (χ3v) is 5.26. The zero-order chi connectivity index (χ0) is 20.7. The molecule has 2 amide bonds. The van der Waals surface area contributed by atoms with E-state index in [-0.39, 0.29) is 18.2 Å². The van der Waals surface area contributed by atoms with Crippen LogP contribution in [-0.4, -0.2) is 28.7 Å². The van der Waals surface area contributed by atoms with E-state index in [2.05, 4.69) is 5.10 Å². The van der Waals surface area contributed by atoms with Crippen LogP contribution >= 0.6 is 11.6 Å². The topological polar surface area (TPSA) is 90.4 Å². The predicted molar refractivity (Wildman–Crippen MR) is 111 cm³/mol. The fraction of sp³-hybridized carbons (Fsp3) is 0.190. The van der Waals surface area contributed by atoms with Crippen molar-refractivity contribution in [3.8, 4) is 11.4 Å². The van der Waals surface area contributed by atoms with E-state index in [1.807, 2.05) is 30.3 Å². The molecule has 0 saturated carbocycles. The molecule has 0 unspecified atom stereocenters. The molecule has 1 fully saturated rings. The lowest BCUT2D eigenvalue weighted by molar-refractivity contribution is -0.121. The molecule has 1 saturated heterocycles. The fourth-order valence-corrected chi connectivity index (χ4v) is 3.87. The molecule has 1 aliphatic heterocycles. The largest absolute Gasteiger partial charge is 0.495 e. The Morgan fingerprint density at radius 1 is 1.17 bits per heavy atom. The van der Waals surface area contributed by atoms with Crippen molar-refractivity contribution in [2.24, 2.45) is 0 Å². The molecule has 29 heavy (non-hydrogen) atoms. The zero-order valence-electron chi connectivity index (χ0n) is 15.9. The summed E-state index contributed by atoms with van der Waals surface area (Å²) < 4.78 is 6.90. The van der Waals surface area contributed by atoms with E-state index < -0.39 is 5.92 Å². The van der Waals surface area contributed by atoms with Gasteiger partial charge in [0.15, 0.2) is 0 Å². The van der Waals surface area contributed by atoms with Gasteiger partial charge >= 0.3 is 0 Å². The number of rotatable bonds is 4. The summed E-state index contributed by atoms with van der Waals surface area (Å²) in [6.07, 6.45) is 0.0000238. The average molecular weight is 411 g/mol.